The maximum Gasteiger partial charge on any atom is 0.214 e. The highest BCUT2D eigenvalue weighted by Crippen LogP contribution is 2.31. The molecule has 6 nitrogen and oxygen atoms in total. The summed E-state index contributed by atoms with van der Waals surface area (Å²) in [6.07, 6.45) is 4.32. The third-order valence-electron chi connectivity index (χ3n) is 3.52. The fraction of sp³-hybridized carbons (Fsp3) is 0.118. The molecule has 0 spiro atoms. The third-order valence-corrected chi connectivity index (χ3v) is 4.39. The van der Waals surface area contributed by atoms with E-state index >= 15 is 0 Å². The predicted molar refractivity (Wildman–Crippen MR) is 92.7 cm³/mol. The fourth-order valence-electron chi connectivity index (χ4n) is 2.32. The number of para-hydroxylation sites is 1. The van der Waals surface area contributed by atoms with E-state index < -0.39 is 0 Å². The van der Waals surface area contributed by atoms with Gasteiger partial charge in [0.2, 0.25) is 5.16 Å². The SMILES string of the molecule is CCc1nc(Sc2nc(-c3cccnc3)nc3ccccc23)n[nH]1. The Kier molecular flexibility index (Phi) is 3.92. The molecule has 0 aliphatic heterocycles. The van der Waals surface area contributed by atoms with Crippen LogP contribution in [-0.2, 0) is 6.42 Å². The van der Waals surface area contributed by atoms with Crippen LogP contribution >= 0.6 is 11.8 Å². The fourth-order valence-corrected chi connectivity index (χ4v) is 3.15. The van der Waals surface area contributed by atoms with Gasteiger partial charge in [0, 0.05) is 29.8 Å². The molecule has 0 amide bonds. The molecule has 3 aromatic heterocycles. The van der Waals surface area contributed by atoms with Gasteiger partial charge in [0.1, 0.15) is 10.9 Å². The van der Waals surface area contributed by atoms with Gasteiger partial charge < -0.3 is 0 Å². The van der Waals surface area contributed by atoms with Crippen molar-refractivity contribution in [1.29, 1.82) is 0 Å². The Hall–Kier alpha value is -2.80. The Labute approximate surface area is 142 Å². The van der Waals surface area contributed by atoms with Crippen molar-refractivity contribution in [3.05, 3.63) is 54.6 Å². The summed E-state index contributed by atoms with van der Waals surface area (Å²) < 4.78 is 0. The number of nitrogens with zero attached hydrogens (tertiary/aromatic N) is 5. The first kappa shape index (κ1) is 14.8. The highest BCUT2D eigenvalue weighted by molar-refractivity contribution is 7.99. The summed E-state index contributed by atoms with van der Waals surface area (Å²) in [5, 5.41) is 9.66. The molecule has 0 fully saturated rings. The summed E-state index contributed by atoms with van der Waals surface area (Å²) in [7, 11) is 0. The van der Waals surface area contributed by atoms with Crippen LogP contribution in [0.4, 0.5) is 0 Å². The van der Waals surface area contributed by atoms with Crippen molar-refractivity contribution in [3.63, 3.8) is 0 Å². The van der Waals surface area contributed by atoms with Crippen molar-refractivity contribution in [2.75, 3.05) is 0 Å². The van der Waals surface area contributed by atoms with Crippen molar-refractivity contribution in [2.45, 2.75) is 23.5 Å². The minimum absolute atomic E-state index is 0.649. The number of nitrogens with one attached hydrogen (secondary N) is 1. The first-order valence-corrected chi connectivity index (χ1v) is 8.41. The van der Waals surface area contributed by atoms with Gasteiger partial charge >= 0.3 is 0 Å². The summed E-state index contributed by atoms with van der Waals surface area (Å²) in [6, 6.07) is 11.8. The van der Waals surface area contributed by atoms with Gasteiger partial charge in [0.15, 0.2) is 5.82 Å². The molecule has 118 valence electrons. The third kappa shape index (κ3) is 2.85. The quantitative estimate of drug-likeness (QED) is 0.575. The Balaban J connectivity index is 1.83. The largest absolute Gasteiger partial charge is 0.264 e. The van der Waals surface area contributed by atoms with E-state index in [1.54, 1.807) is 12.4 Å². The zero-order valence-electron chi connectivity index (χ0n) is 13.0. The second-order valence-electron chi connectivity index (χ2n) is 5.13. The van der Waals surface area contributed by atoms with E-state index in [-0.39, 0.29) is 0 Å². The molecule has 0 saturated carbocycles. The Bertz CT molecular complexity index is 983. The van der Waals surface area contributed by atoms with Crippen LogP contribution in [0.15, 0.2) is 59.0 Å². The van der Waals surface area contributed by atoms with Gasteiger partial charge in [0.05, 0.1) is 5.52 Å². The minimum atomic E-state index is 0.649. The van der Waals surface area contributed by atoms with Crippen molar-refractivity contribution < 1.29 is 0 Å². The van der Waals surface area contributed by atoms with Crippen LogP contribution in [0.3, 0.4) is 0 Å². The molecule has 0 aliphatic carbocycles. The average Bonchev–Trinajstić information content (AvgIpc) is 3.10. The van der Waals surface area contributed by atoms with E-state index in [0.717, 1.165) is 33.7 Å². The van der Waals surface area contributed by atoms with E-state index in [4.69, 9.17) is 4.98 Å². The van der Waals surface area contributed by atoms with Crippen molar-refractivity contribution >= 4 is 22.7 Å². The lowest BCUT2D eigenvalue weighted by Crippen LogP contribution is -1.94. The number of H-pyrrole nitrogens is 1. The smallest absolute Gasteiger partial charge is 0.214 e. The molecular formula is C17H14N6S. The van der Waals surface area contributed by atoms with Crippen molar-refractivity contribution in [1.82, 2.24) is 30.1 Å². The maximum absolute atomic E-state index is 4.72. The molecule has 0 atom stereocenters. The number of hydrogen-bond donors (Lipinski definition) is 1. The highest BCUT2D eigenvalue weighted by atomic mass is 32.2. The summed E-state index contributed by atoms with van der Waals surface area (Å²) in [5.41, 5.74) is 1.77. The lowest BCUT2D eigenvalue weighted by atomic mass is 10.2. The number of rotatable bonds is 4. The number of aryl methyl sites for hydroxylation is 1. The lowest BCUT2D eigenvalue weighted by molar-refractivity contribution is 0.940. The molecule has 24 heavy (non-hydrogen) atoms. The molecule has 0 radical (unpaired) electrons. The zero-order valence-corrected chi connectivity index (χ0v) is 13.8. The molecule has 0 unspecified atom stereocenters. The topological polar surface area (TPSA) is 80.2 Å². The van der Waals surface area contributed by atoms with Crippen LogP contribution in [0.1, 0.15) is 12.7 Å². The lowest BCUT2D eigenvalue weighted by Gasteiger charge is -2.06. The summed E-state index contributed by atoms with van der Waals surface area (Å²) in [5.74, 6) is 1.51. The van der Waals surface area contributed by atoms with Gasteiger partial charge in [-0.25, -0.2) is 15.0 Å². The van der Waals surface area contributed by atoms with E-state index in [1.165, 1.54) is 11.8 Å². The first-order chi connectivity index (χ1) is 11.8. The van der Waals surface area contributed by atoms with Crippen LogP contribution < -0.4 is 0 Å². The van der Waals surface area contributed by atoms with Crippen LogP contribution in [0, 0.1) is 0 Å². The minimum Gasteiger partial charge on any atom is -0.264 e. The Morgan fingerprint density at radius 3 is 2.75 bits per heavy atom. The highest BCUT2D eigenvalue weighted by Gasteiger charge is 2.13. The van der Waals surface area contributed by atoms with E-state index in [1.807, 2.05) is 43.3 Å². The Morgan fingerprint density at radius 2 is 1.96 bits per heavy atom. The van der Waals surface area contributed by atoms with Crippen LogP contribution in [-0.4, -0.2) is 30.1 Å². The predicted octanol–water partition coefficient (Wildman–Crippen LogP) is 3.52. The number of hydrogen-bond acceptors (Lipinski definition) is 6. The molecule has 1 N–H and O–H groups in total. The van der Waals surface area contributed by atoms with Gasteiger partial charge in [-0.2, -0.15) is 0 Å². The second-order valence-corrected chi connectivity index (χ2v) is 6.09. The van der Waals surface area contributed by atoms with E-state index in [0.29, 0.717) is 11.0 Å². The number of pyridine rings is 1. The van der Waals surface area contributed by atoms with Gasteiger partial charge in [-0.3, -0.25) is 10.1 Å². The molecule has 7 heteroatoms. The first-order valence-electron chi connectivity index (χ1n) is 7.60. The monoisotopic (exact) mass is 334 g/mol. The van der Waals surface area contributed by atoms with Crippen LogP contribution in [0.25, 0.3) is 22.3 Å². The standard InChI is InChI=1S/C17H14N6S/c1-2-14-20-17(23-22-14)24-16-12-7-3-4-8-13(12)19-15(21-16)11-6-5-9-18-10-11/h3-10H,2H2,1H3,(H,20,22,23). The summed E-state index contributed by atoms with van der Waals surface area (Å²) in [6.45, 7) is 2.04. The molecule has 4 rings (SSSR count). The van der Waals surface area contributed by atoms with Crippen molar-refractivity contribution in [2.24, 2.45) is 0 Å². The molecule has 0 bridgehead atoms. The number of aromatic amines is 1. The van der Waals surface area contributed by atoms with Crippen LogP contribution in [0.2, 0.25) is 0 Å². The average molecular weight is 334 g/mol. The van der Waals surface area contributed by atoms with Crippen LogP contribution in [0.5, 0.6) is 0 Å². The molecule has 4 aromatic rings. The van der Waals surface area contributed by atoms with Gasteiger partial charge in [-0.15, -0.1) is 5.10 Å². The maximum atomic E-state index is 4.72. The molecule has 1 aromatic carbocycles. The van der Waals surface area contributed by atoms with Gasteiger partial charge in [0.25, 0.3) is 0 Å². The molecule has 0 saturated heterocycles. The van der Waals surface area contributed by atoms with E-state index in [9.17, 15) is 0 Å². The van der Waals surface area contributed by atoms with Crippen molar-refractivity contribution in [3.8, 4) is 11.4 Å². The van der Waals surface area contributed by atoms with E-state index in [2.05, 4.69) is 25.1 Å². The number of aromatic nitrogens is 6. The van der Waals surface area contributed by atoms with Gasteiger partial charge in [-0.1, -0.05) is 25.1 Å². The summed E-state index contributed by atoms with van der Waals surface area (Å²) in [4.78, 5) is 18.0. The zero-order chi connectivity index (χ0) is 16.4. The molecular weight excluding hydrogens is 320 g/mol. The molecule has 3 heterocycles. The normalized spacial score (nSPS) is 11.0. The summed E-state index contributed by atoms with van der Waals surface area (Å²) >= 11 is 1.44. The number of benzene rings is 1. The number of fused-ring (bicyclic) bond motifs is 1. The second kappa shape index (κ2) is 6.37. The van der Waals surface area contributed by atoms with Gasteiger partial charge in [-0.05, 0) is 30.0 Å². The molecule has 0 aliphatic rings. The Morgan fingerprint density at radius 1 is 1.04 bits per heavy atom.